The molecule has 0 unspecified atom stereocenters. The number of allylic oxidation sites excluding steroid dienone is 1. The third-order valence-electron chi connectivity index (χ3n) is 12.7. The number of ether oxygens (including phenoxy) is 2. The lowest BCUT2D eigenvalue weighted by Crippen LogP contribution is -2.59. The second-order valence-corrected chi connectivity index (χ2v) is 18.5. The Kier molecular flexibility index (Phi) is 9.29. The van der Waals surface area contributed by atoms with Crippen LogP contribution < -0.4 is 15.4 Å². The summed E-state index contributed by atoms with van der Waals surface area (Å²) in [6.45, 7) is 6.28. The van der Waals surface area contributed by atoms with Gasteiger partial charge in [0.05, 0.1) is 18.3 Å². The molecule has 4 saturated carbocycles. The van der Waals surface area contributed by atoms with Gasteiger partial charge in [-0.2, -0.15) is 0 Å². The van der Waals surface area contributed by atoms with Crippen LogP contribution in [0.4, 0.5) is 9.59 Å². The summed E-state index contributed by atoms with van der Waals surface area (Å²) in [5, 5.41) is 5.01. The van der Waals surface area contributed by atoms with Gasteiger partial charge in [-0.3, -0.25) is 24.0 Å². The van der Waals surface area contributed by atoms with E-state index in [1.807, 2.05) is 25.1 Å². The SMILES string of the molecule is C=C[C@@H]1C[C@]1(NC(=O)[C@@H]1C[C@@H]2CN1C(=O)[C@H](C1CCCC1)NC(=O)O[C@]1(C)C[C@H]1CCC=Cc1cccc3c1CN(C3)C(=O)O2)C(=O)NS(=O)(=O)C1CC1. The van der Waals surface area contributed by atoms with Crippen molar-refractivity contribution in [2.24, 2.45) is 17.8 Å². The van der Waals surface area contributed by atoms with Gasteiger partial charge in [0.15, 0.2) is 0 Å². The van der Waals surface area contributed by atoms with Crippen LogP contribution in [0, 0.1) is 17.8 Å². The number of carbonyl (C=O) groups is 5. The molecule has 7 atom stereocenters. The zero-order chi connectivity index (χ0) is 38.0. The highest BCUT2D eigenvalue weighted by molar-refractivity contribution is 7.91. The molecule has 8 rings (SSSR count). The van der Waals surface area contributed by atoms with Crippen molar-refractivity contribution in [2.75, 3.05) is 6.54 Å². The Bertz CT molecular complexity index is 1910. The lowest BCUT2D eigenvalue weighted by Gasteiger charge is -2.32. The third kappa shape index (κ3) is 6.99. The molecule has 1 aromatic carbocycles. The molecule has 4 bridgehead atoms. The first-order valence-corrected chi connectivity index (χ1v) is 20.9. The van der Waals surface area contributed by atoms with Crippen LogP contribution in [0.2, 0.25) is 0 Å². The Labute approximate surface area is 315 Å². The summed E-state index contributed by atoms with van der Waals surface area (Å²) < 4.78 is 39.6. The van der Waals surface area contributed by atoms with E-state index in [9.17, 15) is 32.4 Å². The normalized spacial score (nSPS) is 33.9. The Morgan fingerprint density at radius 2 is 1.83 bits per heavy atom. The van der Waals surface area contributed by atoms with Crippen molar-refractivity contribution in [1.82, 2.24) is 25.2 Å². The highest BCUT2D eigenvalue weighted by Crippen LogP contribution is 2.50. The van der Waals surface area contributed by atoms with Gasteiger partial charge in [-0.1, -0.05) is 49.3 Å². The van der Waals surface area contributed by atoms with Crippen LogP contribution in [0.1, 0.15) is 94.2 Å². The Hall–Kier alpha value is -4.40. The first-order valence-electron chi connectivity index (χ1n) is 19.3. The Morgan fingerprint density at radius 3 is 2.56 bits per heavy atom. The van der Waals surface area contributed by atoms with E-state index in [1.165, 1.54) is 11.0 Å². The lowest BCUT2D eigenvalue weighted by molar-refractivity contribution is -0.142. The zero-order valence-electron chi connectivity index (χ0n) is 30.6. The second kappa shape index (κ2) is 13.7. The third-order valence-corrected chi connectivity index (χ3v) is 14.5. The molecule has 1 saturated heterocycles. The molecule has 3 N–H and O–H groups in total. The molecule has 15 heteroatoms. The van der Waals surface area contributed by atoms with Gasteiger partial charge >= 0.3 is 12.2 Å². The molecular weight excluding hydrogens is 715 g/mol. The predicted octanol–water partition coefficient (Wildman–Crippen LogP) is 3.65. The minimum atomic E-state index is -3.91. The largest absolute Gasteiger partial charge is 0.444 e. The number of hydrogen-bond acceptors (Lipinski definition) is 9. The second-order valence-electron chi connectivity index (χ2n) is 16.5. The van der Waals surface area contributed by atoms with Crippen LogP contribution in [-0.4, -0.2) is 89.2 Å². The minimum Gasteiger partial charge on any atom is -0.444 e. The summed E-state index contributed by atoms with van der Waals surface area (Å²) in [6, 6.07) is 3.79. The number of nitrogens with zero attached hydrogens (tertiary/aromatic N) is 2. The summed E-state index contributed by atoms with van der Waals surface area (Å²) in [7, 11) is -3.91. The van der Waals surface area contributed by atoms with Gasteiger partial charge in [-0.05, 0) is 80.9 Å². The molecule has 290 valence electrons. The van der Waals surface area contributed by atoms with Crippen molar-refractivity contribution in [2.45, 2.75) is 125 Å². The average Bonchev–Trinajstić information content (AvgIpc) is 4.05. The van der Waals surface area contributed by atoms with E-state index in [-0.39, 0.29) is 31.2 Å². The lowest BCUT2D eigenvalue weighted by atomic mass is 9.96. The number of benzene rings is 1. The fraction of sp³-hybridized carbons (Fsp3) is 0.615. The monoisotopic (exact) mass is 763 g/mol. The molecule has 0 aromatic heterocycles. The fourth-order valence-electron chi connectivity index (χ4n) is 9.03. The van der Waals surface area contributed by atoms with Gasteiger partial charge in [0.25, 0.3) is 5.91 Å². The zero-order valence-corrected chi connectivity index (χ0v) is 31.4. The van der Waals surface area contributed by atoms with Crippen molar-refractivity contribution in [3.63, 3.8) is 0 Å². The molecule has 0 spiro atoms. The molecule has 54 heavy (non-hydrogen) atoms. The van der Waals surface area contributed by atoms with Crippen molar-refractivity contribution in [3.8, 4) is 0 Å². The first kappa shape index (κ1) is 36.6. The standard InChI is InChI=1S/C39H49N5O9S/c1-3-26-19-39(26,35(47)42-54(50,51)29-15-16-29)41-33(45)31-17-28-21-44(31)34(46)32(24-10-4-5-11-24)40-36(48)53-38(2)18-27(38)14-7-6-9-23-12-8-13-25-20-43(22-30(23)25)37(49)52-28/h3,6,8-9,12-13,24,26-29,31-32H,1,4-5,7,10-11,14-22H2,2H3,(H,40,48)(H,41,45)(H,42,47)/t26-,27-,28-,31+,32+,38-,39-/m1/s1. The summed E-state index contributed by atoms with van der Waals surface area (Å²) in [5.74, 6) is -2.59. The first-order chi connectivity index (χ1) is 25.8. The van der Waals surface area contributed by atoms with Crippen molar-refractivity contribution in [1.29, 1.82) is 0 Å². The van der Waals surface area contributed by atoms with E-state index >= 15 is 0 Å². The van der Waals surface area contributed by atoms with Crippen LogP contribution in [0.15, 0.2) is 36.9 Å². The highest BCUT2D eigenvalue weighted by atomic mass is 32.2. The smallest absolute Gasteiger partial charge is 0.410 e. The number of rotatable bonds is 7. The molecule has 4 aliphatic carbocycles. The minimum absolute atomic E-state index is 0.0590. The maximum atomic E-state index is 14.7. The average molecular weight is 764 g/mol. The topological polar surface area (TPSA) is 181 Å². The van der Waals surface area contributed by atoms with Crippen LogP contribution in [-0.2, 0) is 47.0 Å². The van der Waals surface area contributed by atoms with Crippen LogP contribution in [0.25, 0.3) is 6.08 Å². The number of amides is 5. The number of fused-ring (bicyclic) bond motifs is 4. The van der Waals surface area contributed by atoms with E-state index in [2.05, 4.69) is 34.1 Å². The maximum absolute atomic E-state index is 14.7. The molecule has 5 amide bonds. The van der Waals surface area contributed by atoms with Gasteiger partial charge < -0.3 is 25.0 Å². The summed E-state index contributed by atoms with van der Waals surface area (Å²) in [5.41, 5.74) is 0.843. The van der Waals surface area contributed by atoms with Crippen molar-refractivity contribution in [3.05, 3.63) is 53.6 Å². The van der Waals surface area contributed by atoms with E-state index in [1.54, 1.807) is 4.90 Å². The van der Waals surface area contributed by atoms with Gasteiger partial charge in [-0.15, -0.1) is 6.58 Å². The quantitative estimate of drug-likeness (QED) is 0.350. The molecule has 0 radical (unpaired) electrons. The Balaban J connectivity index is 1.08. The number of sulfonamides is 1. The molecule has 1 aromatic rings. The number of nitrogens with one attached hydrogen (secondary N) is 3. The van der Waals surface area contributed by atoms with Gasteiger partial charge in [0.2, 0.25) is 21.8 Å². The fourth-order valence-corrected chi connectivity index (χ4v) is 10.4. The number of hydrogen-bond donors (Lipinski definition) is 3. The van der Waals surface area contributed by atoms with Crippen molar-refractivity contribution < 1.29 is 41.9 Å². The molecule has 3 heterocycles. The van der Waals surface area contributed by atoms with Gasteiger partial charge in [-0.25, -0.2) is 18.0 Å². The molecule has 14 nitrogen and oxygen atoms in total. The van der Waals surface area contributed by atoms with Crippen LogP contribution in [0.3, 0.4) is 0 Å². The highest BCUT2D eigenvalue weighted by Gasteiger charge is 2.62. The molecule has 7 aliphatic rings. The van der Waals surface area contributed by atoms with Crippen molar-refractivity contribution >= 4 is 46.0 Å². The van der Waals surface area contributed by atoms with E-state index in [0.29, 0.717) is 45.2 Å². The summed E-state index contributed by atoms with van der Waals surface area (Å²) in [4.78, 5) is 72.6. The van der Waals surface area contributed by atoms with Gasteiger partial charge in [0, 0.05) is 24.8 Å². The van der Waals surface area contributed by atoms with E-state index in [0.717, 1.165) is 42.4 Å². The van der Waals surface area contributed by atoms with E-state index in [4.69, 9.17) is 9.47 Å². The van der Waals surface area contributed by atoms with Crippen LogP contribution >= 0.6 is 0 Å². The van der Waals surface area contributed by atoms with Gasteiger partial charge in [0.1, 0.15) is 29.3 Å². The number of carbonyl (C=O) groups excluding carboxylic acids is 5. The predicted molar refractivity (Wildman–Crippen MR) is 195 cm³/mol. The molecular formula is C39H49N5O9S. The maximum Gasteiger partial charge on any atom is 0.410 e. The van der Waals surface area contributed by atoms with E-state index < -0.39 is 80.4 Å². The summed E-state index contributed by atoms with van der Waals surface area (Å²) in [6.07, 6.45) is 10.0. The Morgan fingerprint density at radius 1 is 1.06 bits per heavy atom. The number of alkyl carbamates (subject to hydrolysis) is 1. The summed E-state index contributed by atoms with van der Waals surface area (Å²) >= 11 is 0. The van der Waals surface area contributed by atoms with Crippen LogP contribution in [0.5, 0.6) is 0 Å². The molecule has 3 aliphatic heterocycles. The molecule has 5 fully saturated rings.